The summed E-state index contributed by atoms with van der Waals surface area (Å²) in [6, 6.07) is 0.348. The zero-order valence-electron chi connectivity index (χ0n) is 6.19. The highest BCUT2D eigenvalue weighted by Gasteiger charge is 2.06. The molecule has 6 heteroatoms. The molecule has 0 aliphatic carbocycles. The minimum absolute atomic E-state index is 0.0322. The molecule has 3 N–H and O–H groups in total. The van der Waals surface area contributed by atoms with Crippen LogP contribution in [0.15, 0.2) is 4.42 Å². The van der Waals surface area contributed by atoms with E-state index in [0.717, 1.165) is 0 Å². The lowest BCUT2D eigenvalue weighted by Crippen LogP contribution is -2.21. The molecule has 1 aromatic heterocycles. The Hall–Kier alpha value is -1.30. The zero-order chi connectivity index (χ0) is 8.27. The number of nitrogen functional groups attached to an aromatic ring is 1. The lowest BCUT2D eigenvalue weighted by atomic mass is 10.6. The van der Waals surface area contributed by atoms with E-state index in [9.17, 15) is 0 Å². The standard InChI is InChI=1S/C5H10N4O2/c1-9(2-3-10)5-8-7-4(6)11-5/h10H,2-3H2,1H3,(H2,6,7). The minimum atomic E-state index is 0.0322. The Labute approximate surface area is 63.6 Å². The average molecular weight is 158 g/mol. The molecule has 1 rings (SSSR count). The molecule has 1 heterocycles. The molecular formula is C5H10N4O2. The number of likely N-dealkylation sites (N-methyl/N-ethyl adjacent to an activating group) is 1. The molecule has 0 aromatic carbocycles. The number of aliphatic hydroxyl groups is 1. The van der Waals surface area contributed by atoms with E-state index < -0.39 is 0 Å². The van der Waals surface area contributed by atoms with E-state index in [2.05, 4.69) is 10.2 Å². The number of anilines is 2. The van der Waals surface area contributed by atoms with Crippen molar-refractivity contribution in [1.29, 1.82) is 0 Å². The molecule has 0 unspecified atom stereocenters. The molecule has 0 atom stereocenters. The van der Waals surface area contributed by atoms with Gasteiger partial charge in [-0.05, 0) is 0 Å². The van der Waals surface area contributed by atoms with Crippen LogP contribution >= 0.6 is 0 Å². The lowest BCUT2D eigenvalue weighted by Gasteiger charge is -2.10. The number of hydrogen-bond acceptors (Lipinski definition) is 6. The third-order valence-electron chi connectivity index (χ3n) is 1.19. The Kier molecular flexibility index (Phi) is 2.27. The van der Waals surface area contributed by atoms with Crippen molar-refractivity contribution in [3.63, 3.8) is 0 Å². The lowest BCUT2D eigenvalue weighted by molar-refractivity contribution is 0.301. The summed E-state index contributed by atoms with van der Waals surface area (Å²) < 4.78 is 4.87. The molecular weight excluding hydrogens is 148 g/mol. The van der Waals surface area contributed by atoms with Crippen molar-refractivity contribution < 1.29 is 9.52 Å². The van der Waals surface area contributed by atoms with Crippen LogP contribution in [0.2, 0.25) is 0 Å². The molecule has 6 nitrogen and oxygen atoms in total. The summed E-state index contributed by atoms with van der Waals surface area (Å²) in [5, 5.41) is 15.6. The van der Waals surface area contributed by atoms with Gasteiger partial charge in [0.25, 0.3) is 0 Å². The van der Waals surface area contributed by atoms with E-state index in [-0.39, 0.29) is 12.6 Å². The maximum Gasteiger partial charge on any atom is 0.319 e. The van der Waals surface area contributed by atoms with Crippen LogP contribution in [0.4, 0.5) is 12.0 Å². The van der Waals surface area contributed by atoms with Gasteiger partial charge in [0.15, 0.2) is 0 Å². The second-order valence-electron chi connectivity index (χ2n) is 2.07. The highest BCUT2D eigenvalue weighted by molar-refractivity contribution is 5.25. The van der Waals surface area contributed by atoms with E-state index >= 15 is 0 Å². The molecule has 0 amide bonds. The highest BCUT2D eigenvalue weighted by atomic mass is 16.4. The van der Waals surface area contributed by atoms with Crippen LogP contribution < -0.4 is 10.6 Å². The summed E-state index contributed by atoms with van der Waals surface area (Å²) in [5.74, 6) is 0. The Morgan fingerprint density at radius 2 is 2.36 bits per heavy atom. The molecule has 0 aliphatic heterocycles. The van der Waals surface area contributed by atoms with Crippen LogP contribution in [-0.2, 0) is 0 Å². The average Bonchev–Trinajstić information content (AvgIpc) is 2.36. The predicted octanol–water partition coefficient (Wildman–Crippen LogP) is -0.920. The van der Waals surface area contributed by atoms with Crippen LogP contribution in [0.1, 0.15) is 0 Å². The Bertz CT molecular complexity index is 224. The van der Waals surface area contributed by atoms with Gasteiger partial charge in [0, 0.05) is 13.6 Å². The summed E-state index contributed by atoms with van der Waals surface area (Å²) in [5.41, 5.74) is 5.18. The van der Waals surface area contributed by atoms with Crippen LogP contribution in [0.5, 0.6) is 0 Å². The van der Waals surface area contributed by atoms with Crippen molar-refractivity contribution in [2.24, 2.45) is 0 Å². The van der Waals surface area contributed by atoms with E-state index in [4.69, 9.17) is 15.3 Å². The molecule has 0 spiro atoms. The van der Waals surface area contributed by atoms with Crippen LogP contribution in [0.25, 0.3) is 0 Å². The Balaban J connectivity index is 2.60. The predicted molar refractivity (Wildman–Crippen MR) is 39.1 cm³/mol. The maximum atomic E-state index is 8.54. The molecule has 0 bridgehead atoms. The first-order valence-electron chi connectivity index (χ1n) is 3.15. The third-order valence-corrected chi connectivity index (χ3v) is 1.19. The minimum Gasteiger partial charge on any atom is -0.395 e. The third kappa shape index (κ3) is 1.81. The largest absolute Gasteiger partial charge is 0.395 e. The second kappa shape index (κ2) is 3.20. The molecule has 62 valence electrons. The number of aliphatic hydroxyl groups excluding tert-OH is 1. The Morgan fingerprint density at radius 3 is 2.82 bits per heavy atom. The van der Waals surface area contributed by atoms with Gasteiger partial charge < -0.3 is 20.2 Å². The molecule has 0 radical (unpaired) electrons. The fraction of sp³-hybridized carbons (Fsp3) is 0.600. The summed E-state index contributed by atoms with van der Waals surface area (Å²) >= 11 is 0. The van der Waals surface area contributed by atoms with Gasteiger partial charge in [0.1, 0.15) is 0 Å². The van der Waals surface area contributed by atoms with Crippen molar-refractivity contribution >= 4 is 12.0 Å². The number of aromatic nitrogens is 2. The van der Waals surface area contributed by atoms with Crippen molar-refractivity contribution in [2.45, 2.75) is 0 Å². The first kappa shape index (κ1) is 7.80. The molecule has 0 aliphatic rings. The second-order valence-corrected chi connectivity index (χ2v) is 2.07. The van der Waals surface area contributed by atoms with Gasteiger partial charge in [-0.1, -0.05) is 10.2 Å². The topological polar surface area (TPSA) is 88.4 Å². The van der Waals surface area contributed by atoms with Gasteiger partial charge in [-0.3, -0.25) is 0 Å². The maximum absolute atomic E-state index is 8.54. The van der Waals surface area contributed by atoms with Crippen molar-refractivity contribution in [3.05, 3.63) is 0 Å². The summed E-state index contributed by atoms with van der Waals surface area (Å²) in [4.78, 5) is 1.61. The van der Waals surface area contributed by atoms with Gasteiger partial charge in [-0.15, -0.1) is 0 Å². The number of hydrogen-bond donors (Lipinski definition) is 2. The Morgan fingerprint density at radius 1 is 1.64 bits per heavy atom. The van der Waals surface area contributed by atoms with Crippen LogP contribution in [0, 0.1) is 0 Å². The van der Waals surface area contributed by atoms with Gasteiger partial charge >= 0.3 is 12.0 Å². The molecule has 0 fully saturated rings. The number of nitrogens with two attached hydrogens (primary N) is 1. The first-order valence-corrected chi connectivity index (χ1v) is 3.15. The number of rotatable bonds is 3. The van der Waals surface area contributed by atoms with Crippen LogP contribution in [-0.4, -0.2) is 35.5 Å². The fourth-order valence-electron chi connectivity index (χ4n) is 0.626. The molecule has 1 aromatic rings. The molecule has 0 saturated carbocycles. The van der Waals surface area contributed by atoms with Crippen molar-refractivity contribution in [2.75, 3.05) is 30.8 Å². The zero-order valence-corrected chi connectivity index (χ0v) is 6.19. The number of nitrogens with zero attached hydrogens (tertiary/aromatic N) is 3. The molecule has 0 saturated heterocycles. The summed E-state index contributed by atoms with van der Waals surface area (Å²) in [7, 11) is 1.73. The summed E-state index contributed by atoms with van der Waals surface area (Å²) in [6.07, 6.45) is 0. The smallest absolute Gasteiger partial charge is 0.319 e. The van der Waals surface area contributed by atoms with E-state index in [1.807, 2.05) is 0 Å². The molecule has 11 heavy (non-hydrogen) atoms. The fourth-order valence-corrected chi connectivity index (χ4v) is 0.626. The van der Waals surface area contributed by atoms with Crippen molar-refractivity contribution in [1.82, 2.24) is 10.2 Å². The van der Waals surface area contributed by atoms with E-state index in [0.29, 0.717) is 12.6 Å². The normalized spacial score (nSPS) is 10.0. The van der Waals surface area contributed by atoms with Crippen LogP contribution in [0.3, 0.4) is 0 Å². The highest BCUT2D eigenvalue weighted by Crippen LogP contribution is 2.09. The SMILES string of the molecule is CN(CCO)c1nnc(N)o1. The van der Waals surface area contributed by atoms with Gasteiger partial charge in [0.05, 0.1) is 6.61 Å². The van der Waals surface area contributed by atoms with Gasteiger partial charge in [0.2, 0.25) is 0 Å². The quantitative estimate of drug-likeness (QED) is 0.591. The monoisotopic (exact) mass is 158 g/mol. The van der Waals surface area contributed by atoms with E-state index in [1.54, 1.807) is 11.9 Å². The van der Waals surface area contributed by atoms with Gasteiger partial charge in [-0.25, -0.2) is 0 Å². The van der Waals surface area contributed by atoms with E-state index in [1.165, 1.54) is 0 Å². The first-order chi connectivity index (χ1) is 5.24. The van der Waals surface area contributed by atoms with Gasteiger partial charge in [-0.2, -0.15) is 0 Å². The van der Waals surface area contributed by atoms with Crippen molar-refractivity contribution in [3.8, 4) is 0 Å². The summed E-state index contributed by atoms with van der Waals surface area (Å²) in [6.45, 7) is 0.487.